The first kappa shape index (κ1) is 22.3. The van der Waals surface area contributed by atoms with Gasteiger partial charge in [-0.05, 0) is 36.6 Å². The van der Waals surface area contributed by atoms with Crippen LogP contribution in [0.5, 0.6) is 11.5 Å². The molecular weight excluding hydrogens is 428 g/mol. The highest BCUT2D eigenvalue weighted by Crippen LogP contribution is 2.31. The van der Waals surface area contributed by atoms with Crippen molar-refractivity contribution in [3.63, 3.8) is 0 Å². The summed E-state index contributed by atoms with van der Waals surface area (Å²) in [5, 5.41) is 0. The fourth-order valence-corrected chi connectivity index (χ4v) is 4.72. The third-order valence-electron chi connectivity index (χ3n) is 4.65. The summed E-state index contributed by atoms with van der Waals surface area (Å²) < 4.78 is 44.2. The van der Waals surface area contributed by atoms with Crippen molar-refractivity contribution in [2.24, 2.45) is 0 Å². The second-order valence-electron chi connectivity index (χ2n) is 6.44. The highest BCUT2D eigenvalue weighted by atomic mass is 32.2. The summed E-state index contributed by atoms with van der Waals surface area (Å²) in [5.41, 5.74) is 0.683. The molecule has 0 aromatic heterocycles. The summed E-state index contributed by atoms with van der Waals surface area (Å²) in [7, 11) is -0.946. The lowest BCUT2D eigenvalue weighted by molar-refractivity contribution is 0.0300. The fourth-order valence-electron chi connectivity index (χ4n) is 3.07. The number of nitrogens with zero attached hydrogens (tertiary/aromatic N) is 1. The number of sulfonamides is 1. The Labute approximate surface area is 180 Å². The van der Waals surface area contributed by atoms with Gasteiger partial charge in [0.05, 0.1) is 43.6 Å². The van der Waals surface area contributed by atoms with Gasteiger partial charge >= 0.3 is 0 Å². The van der Waals surface area contributed by atoms with Crippen molar-refractivity contribution in [2.75, 3.05) is 51.5 Å². The standard InChI is InChI=1S/C20H24N2O6S2/c1-26-17-6-4-14(12-18(17)27-2)21-30(24,25)15-5-7-19(29-3)16(13-15)20(23)22-8-10-28-11-9-22/h4-7,12-13,21H,8-11H2,1-3H3. The summed E-state index contributed by atoms with van der Waals surface area (Å²) in [6, 6.07) is 9.29. The minimum absolute atomic E-state index is 0.00620. The minimum Gasteiger partial charge on any atom is -0.493 e. The maximum atomic E-state index is 13.0. The molecule has 3 rings (SSSR count). The smallest absolute Gasteiger partial charge is 0.261 e. The normalized spacial score (nSPS) is 14.3. The van der Waals surface area contributed by atoms with E-state index in [9.17, 15) is 13.2 Å². The van der Waals surface area contributed by atoms with Gasteiger partial charge in [-0.3, -0.25) is 9.52 Å². The number of hydrogen-bond donors (Lipinski definition) is 1. The first-order valence-corrected chi connectivity index (χ1v) is 11.9. The molecule has 30 heavy (non-hydrogen) atoms. The molecule has 0 spiro atoms. The van der Waals surface area contributed by atoms with Crippen molar-refractivity contribution < 1.29 is 27.4 Å². The molecule has 0 radical (unpaired) electrons. The molecule has 2 aromatic rings. The summed E-state index contributed by atoms with van der Waals surface area (Å²) in [6.07, 6.45) is 1.85. The van der Waals surface area contributed by atoms with Gasteiger partial charge in [-0.1, -0.05) is 0 Å². The van der Waals surface area contributed by atoms with Gasteiger partial charge < -0.3 is 19.1 Å². The Balaban J connectivity index is 1.91. The number of hydrogen-bond acceptors (Lipinski definition) is 7. The minimum atomic E-state index is -3.92. The Kier molecular flexibility index (Phi) is 7.11. The van der Waals surface area contributed by atoms with E-state index in [1.165, 1.54) is 44.2 Å². The molecule has 162 valence electrons. The molecule has 0 aliphatic carbocycles. The van der Waals surface area contributed by atoms with Gasteiger partial charge in [0.1, 0.15) is 0 Å². The second kappa shape index (κ2) is 9.59. The Morgan fingerprint density at radius 2 is 1.77 bits per heavy atom. The number of anilines is 1. The average Bonchev–Trinajstić information content (AvgIpc) is 2.78. The Morgan fingerprint density at radius 1 is 1.07 bits per heavy atom. The van der Waals surface area contributed by atoms with Crippen LogP contribution >= 0.6 is 11.8 Å². The van der Waals surface area contributed by atoms with Crippen LogP contribution in [0.15, 0.2) is 46.2 Å². The number of benzene rings is 2. The average molecular weight is 453 g/mol. The number of nitrogens with one attached hydrogen (secondary N) is 1. The molecule has 10 heteroatoms. The third-order valence-corrected chi connectivity index (χ3v) is 6.82. The topological polar surface area (TPSA) is 94.2 Å². The molecule has 0 unspecified atom stereocenters. The van der Waals surface area contributed by atoms with Crippen molar-refractivity contribution in [3.8, 4) is 11.5 Å². The van der Waals surface area contributed by atoms with E-state index in [1.807, 2.05) is 6.26 Å². The predicted molar refractivity (Wildman–Crippen MR) is 115 cm³/mol. The monoisotopic (exact) mass is 452 g/mol. The van der Waals surface area contributed by atoms with Gasteiger partial charge in [0, 0.05) is 24.1 Å². The molecule has 0 atom stereocenters. The summed E-state index contributed by atoms with van der Waals surface area (Å²) in [5.74, 6) is 0.688. The van der Waals surface area contributed by atoms with Gasteiger partial charge in [-0.15, -0.1) is 11.8 Å². The van der Waals surface area contributed by atoms with Gasteiger partial charge in [0.15, 0.2) is 11.5 Å². The molecule has 2 aromatic carbocycles. The van der Waals surface area contributed by atoms with Crippen LogP contribution in [0.25, 0.3) is 0 Å². The van der Waals surface area contributed by atoms with Crippen LogP contribution in [0, 0.1) is 0 Å². The number of ether oxygens (including phenoxy) is 3. The van der Waals surface area contributed by atoms with Crippen LogP contribution in [0.1, 0.15) is 10.4 Å². The third kappa shape index (κ3) is 4.82. The molecule has 1 fully saturated rings. The van der Waals surface area contributed by atoms with Gasteiger partial charge in [0.25, 0.3) is 15.9 Å². The number of rotatable bonds is 7. The number of amides is 1. The zero-order chi connectivity index (χ0) is 21.7. The van der Waals surface area contributed by atoms with E-state index in [2.05, 4.69) is 4.72 Å². The van der Waals surface area contributed by atoms with Crippen LogP contribution < -0.4 is 14.2 Å². The van der Waals surface area contributed by atoms with E-state index >= 15 is 0 Å². The van der Waals surface area contributed by atoms with Crippen molar-refractivity contribution in [1.29, 1.82) is 0 Å². The van der Waals surface area contributed by atoms with Crippen LogP contribution in [-0.4, -0.2) is 66.0 Å². The van der Waals surface area contributed by atoms with Crippen LogP contribution in [0.2, 0.25) is 0 Å². The number of carbonyl (C=O) groups excluding carboxylic acids is 1. The van der Waals surface area contributed by atoms with E-state index in [1.54, 1.807) is 23.1 Å². The first-order chi connectivity index (χ1) is 14.4. The molecule has 1 N–H and O–H groups in total. The van der Waals surface area contributed by atoms with E-state index in [4.69, 9.17) is 14.2 Å². The van der Waals surface area contributed by atoms with Gasteiger partial charge in [-0.25, -0.2) is 8.42 Å². The zero-order valence-electron chi connectivity index (χ0n) is 17.0. The quantitative estimate of drug-likeness (QED) is 0.646. The summed E-state index contributed by atoms with van der Waals surface area (Å²) in [6.45, 7) is 1.90. The molecule has 1 saturated heterocycles. The largest absolute Gasteiger partial charge is 0.493 e. The Hall–Kier alpha value is -2.43. The maximum Gasteiger partial charge on any atom is 0.261 e. The Bertz CT molecular complexity index is 1020. The van der Waals surface area contributed by atoms with E-state index < -0.39 is 10.0 Å². The van der Waals surface area contributed by atoms with E-state index in [-0.39, 0.29) is 10.8 Å². The molecule has 0 saturated carbocycles. The van der Waals surface area contributed by atoms with Gasteiger partial charge in [-0.2, -0.15) is 0 Å². The summed E-state index contributed by atoms with van der Waals surface area (Å²) in [4.78, 5) is 15.4. The number of thioether (sulfide) groups is 1. The SMILES string of the molecule is COc1ccc(NS(=O)(=O)c2ccc(SC)c(C(=O)N3CCOCC3)c2)cc1OC. The maximum absolute atomic E-state index is 13.0. The lowest BCUT2D eigenvalue weighted by Crippen LogP contribution is -2.40. The van der Waals surface area contributed by atoms with Crippen molar-refractivity contribution in [2.45, 2.75) is 9.79 Å². The van der Waals surface area contributed by atoms with Crippen LogP contribution in [0.4, 0.5) is 5.69 Å². The lowest BCUT2D eigenvalue weighted by Gasteiger charge is -2.27. The van der Waals surface area contributed by atoms with E-state index in [0.717, 1.165) is 4.90 Å². The Morgan fingerprint density at radius 3 is 2.40 bits per heavy atom. The summed E-state index contributed by atoms with van der Waals surface area (Å²) >= 11 is 1.40. The molecule has 1 heterocycles. The molecule has 1 amide bonds. The highest BCUT2D eigenvalue weighted by Gasteiger charge is 2.24. The molecule has 0 bridgehead atoms. The number of methoxy groups -OCH3 is 2. The second-order valence-corrected chi connectivity index (χ2v) is 8.97. The van der Waals surface area contributed by atoms with Crippen molar-refractivity contribution >= 4 is 33.4 Å². The first-order valence-electron chi connectivity index (χ1n) is 9.19. The van der Waals surface area contributed by atoms with E-state index in [0.29, 0.717) is 49.1 Å². The number of morpholine rings is 1. The van der Waals surface area contributed by atoms with Crippen molar-refractivity contribution in [1.82, 2.24) is 4.90 Å². The zero-order valence-corrected chi connectivity index (χ0v) is 18.6. The van der Waals surface area contributed by atoms with Gasteiger partial charge in [0.2, 0.25) is 0 Å². The predicted octanol–water partition coefficient (Wildman–Crippen LogP) is 2.70. The number of carbonyl (C=O) groups is 1. The molecule has 8 nitrogen and oxygen atoms in total. The van der Waals surface area contributed by atoms with Crippen LogP contribution in [0.3, 0.4) is 0 Å². The molecule has 1 aliphatic heterocycles. The lowest BCUT2D eigenvalue weighted by atomic mass is 10.2. The van der Waals surface area contributed by atoms with Crippen molar-refractivity contribution in [3.05, 3.63) is 42.0 Å². The molecule has 1 aliphatic rings. The molecular formula is C20H24N2O6S2. The van der Waals surface area contributed by atoms with Crippen LogP contribution in [-0.2, 0) is 14.8 Å². The fraction of sp³-hybridized carbons (Fsp3) is 0.350. The highest BCUT2D eigenvalue weighted by molar-refractivity contribution is 7.98.